The summed E-state index contributed by atoms with van der Waals surface area (Å²) in [6.07, 6.45) is 0. The summed E-state index contributed by atoms with van der Waals surface area (Å²) in [5.74, 6) is -0.280. The summed E-state index contributed by atoms with van der Waals surface area (Å²) in [4.78, 5) is 28.9. The molecule has 1 aromatic heterocycles. The van der Waals surface area contributed by atoms with Gasteiger partial charge in [-0.2, -0.15) is 0 Å². The first-order valence-electron chi connectivity index (χ1n) is 5.92. The second-order valence-corrected chi connectivity index (χ2v) is 5.10. The minimum absolute atomic E-state index is 0.280. The quantitative estimate of drug-likeness (QED) is 0.675. The van der Waals surface area contributed by atoms with Crippen LogP contribution in [0.5, 0.6) is 0 Å². The van der Waals surface area contributed by atoms with E-state index in [2.05, 4.69) is 31.2 Å². The summed E-state index contributed by atoms with van der Waals surface area (Å²) in [6, 6.07) is 12.5. The van der Waals surface area contributed by atoms with Gasteiger partial charge in [-0.05, 0) is 40.2 Å². The Hall–Kier alpha value is -2.34. The Bertz CT molecular complexity index is 851. The van der Waals surface area contributed by atoms with Crippen molar-refractivity contribution < 1.29 is 4.79 Å². The van der Waals surface area contributed by atoms with E-state index in [0.717, 1.165) is 4.47 Å². The number of hydrogen-bond donors (Lipinski definition) is 3. The van der Waals surface area contributed by atoms with Crippen molar-refractivity contribution >= 4 is 38.6 Å². The zero-order chi connectivity index (χ0) is 14.1. The summed E-state index contributed by atoms with van der Waals surface area (Å²) >= 11 is 3.37. The number of para-hydroxylation sites is 2. The lowest BCUT2D eigenvalue weighted by molar-refractivity contribution is 0.102. The van der Waals surface area contributed by atoms with Crippen LogP contribution in [0.15, 0.2) is 51.7 Å². The average Bonchev–Trinajstić information content (AvgIpc) is 2.81. The fourth-order valence-electron chi connectivity index (χ4n) is 2.00. The highest BCUT2D eigenvalue weighted by atomic mass is 79.9. The van der Waals surface area contributed by atoms with Crippen molar-refractivity contribution in [3.8, 4) is 0 Å². The molecule has 6 heteroatoms. The summed E-state index contributed by atoms with van der Waals surface area (Å²) in [6.45, 7) is 0. The highest BCUT2D eigenvalue weighted by molar-refractivity contribution is 9.10. The topological polar surface area (TPSA) is 77.8 Å². The molecule has 0 radical (unpaired) electrons. The van der Waals surface area contributed by atoms with Gasteiger partial charge in [0.1, 0.15) is 0 Å². The molecule has 1 amide bonds. The van der Waals surface area contributed by atoms with E-state index in [4.69, 9.17) is 0 Å². The van der Waals surface area contributed by atoms with Gasteiger partial charge < -0.3 is 15.3 Å². The SMILES string of the molecule is O=C(Nc1ccccc1Br)c1cccc2[nH]c(=O)[nH]c12. The highest BCUT2D eigenvalue weighted by Crippen LogP contribution is 2.22. The van der Waals surface area contributed by atoms with Gasteiger partial charge in [0.15, 0.2) is 0 Å². The second kappa shape index (κ2) is 4.97. The van der Waals surface area contributed by atoms with Gasteiger partial charge in [0.05, 0.1) is 22.3 Å². The van der Waals surface area contributed by atoms with Gasteiger partial charge in [-0.1, -0.05) is 18.2 Å². The fraction of sp³-hybridized carbons (Fsp3) is 0. The summed E-state index contributed by atoms with van der Waals surface area (Å²) in [5.41, 5.74) is 1.86. The van der Waals surface area contributed by atoms with Crippen LogP contribution < -0.4 is 11.0 Å². The number of halogens is 1. The second-order valence-electron chi connectivity index (χ2n) is 4.24. The molecule has 0 saturated heterocycles. The first-order chi connectivity index (χ1) is 9.65. The van der Waals surface area contributed by atoms with Gasteiger partial charge in [-0.15, -0.1) is 0 Å². The monoisotopic (exact) mass is 331 g/mol. The molecule has 0 aliphatic rings. The Labute approximate surface area is 122 Å². The lowest BCUT2D eigenvalue weighted by atomic mass is 10.1. The number of amides is 1. The maximum Gasteiger partial charge on any atom is 0.323 e. The molecule has 0 fully saturated rings. The molecule has 0 aliphatic heterocycles. The maximum atomic E-state index is 12.3. The Morgan fingerprint density at radius 2 is 1.85 bits per heavy atom. The number of aromatic nitrogens is 2. The molecule has 5 nitrogen and oxygen atoms in total. The van der Waals surface area contributed by atoms with Gasteiger partial charge in [-0.3, -0.25) is 4.79 Å². The van der Waals surface area contributed by atoms with E-state index in [1.807, 2.05) is 18.2 Å². The molecule has 0 aliphatic carbocycles. The van der Waals surface area contributed by atoms with Crippen LogP contribution in [-0.4, -0.2) is 15.9 Å². The molecule has 3 rings (SSSR count). The molecule has 100 valence electrons. The van der Waals surface area contributed by atoms with Crippen molar-refractivity contribution in [3.63, 3.8) is 0 Å². The predicted octanol–water partition coefficient (Wildman–Crippen LogP) is 2.87. The fourth-order valence-corrected chi connectivity index (χ4v) is 2.38. The number of aromatic amines is 2. The van der Waals surface area contributed by atoms with E-state index >= 15 is 0 Å². The van der Waals surface area contributed by atoms with Crippen LogP contribution >= 0.6 is 15.9 Å². The van der Waals surface area contributed by atoms with E-state index in [9.17, 15) is 9.59 Å². The third-order valence-corrected chi connectivity index (χ3v) is 3.61. The largest absolute Gasteiger partial charge is 0.323 e. The smallest absolute Gasteiger partial charge is 0.321 e. The number of fused-ring (bicyclic) bond motifs is 1. The van der Waals surface area contributed by atoms with Crippen LogP contribution in [0.1, 0.15) is 10.4 Å². The van der Waals surface area contributed by atoms with Gasteiger partial charge in [0.25, 0.3) is 5.91 Å². The number of hydrogen-bond acceptors (Lipinski definition) is 2. The highest BCUT2D eigenvalue weighted by Gasteiger charge is 2.13. The Morgan fingerprint density at radius 3 is 2.65 bits per heavy atom. The Balaban J connectivity index is 2.01. The number of carbonyl (C=O) groups excluding carboxylic acids is 1. The number of H-pyrrole nitrogens is 2. The van der Waals surface area contributed by atoms with Crippen molar-refractivity contribution in [2.45, 2.75) is 0 Å². The number of rotatable bonds is 2. The van der Waals surface area contributed by atoms with Crippen molar-refractivity contribution in [1.82, 2.24) is 9.97 Å². The predicted molar refractivity (Wildman–Crippen MR) is 81.0 cm³/mol. The van der Waals surface area contributed by atoms with Crippen molar-refractivity contribution in [2.75, 3.05) is 5.32 Å². The first-order valence-corrected chi connectivity index (χ1v) is 6.71. The lowest BCUT2D eigenvalue weighted by Gasteiger charge is -2.07. The van der Waals surface area contributed by atoms with E-state index in [1.54, 1.807) is 24.3 Å². The molecule has 0 bridgehead atoms. The molecule has 0 atom stereocenters. The first kappa shape index (κ1) is 12.7. The molecule has 3 aromatic rings. The van der Waals surface area contributed by atoms with Gasteiger partial charge in [0, 0.05) is 4.47 Å². The number of benzene rings is 2. The number of imidazole rings is 1. The number of anilines is 1. The van der Waals surface area contributed by atoms with Crippen LogP contribution in [0.4, 0.5) is 5.69 Å². The van der Waals surface area contributed by atoms with Crippen LogP contribution in [0.25, 0.3) is 11.0 Å². The number of carbonyl (C=O) groups is 1. The van der Waals surface area contributed by atoms with Crippen molar-refractivity contribution in [2.24, 2.45) is 0 Å². The normalized spacial score (nSPS) is 10.7. The standard InChI is InChI=1S/C14H10BrN3O2/c15-9-5-1-2-6-10(9)16-13(19)8-4-3-7-11-12(8)18-14(20)17-11/h1-7H,(H,16,19)(H2,17,18,20). The lowest BCUT2D eigenvalue weighted by Crippen LogP contribution is -2.13. The molecule has 2 aromatic carbocycles. The molecule has 3 N–H and O–H groups in total. The molecule has 0 spiro atoms. The minimum atomic E-state index is -0.332. The van der Waals surface area contributed by atoms with E-state index in [-0.39, 0.29) is 11.6 Å². The molecular formula is C14H10BrN3O2. The molecule has 0 unspecified atom stereocenters. The minimum Gasteiger partial charge on any atom is -0.321 e. The van der Waals surface area contributed by atoms with Crippen LogP contribution in [0, 0.1) is 0 Å². The van der Waals surface area contributed by atoms with E-state index in [1.165, 1.54) is 0 Å². The van der Waals surface area contributed by atoms with Gasteiger partial charge in [-0.25, -0.2) is 4.79 Å². The zero-order valence-electron chi connectivity index (χ0n) is 10.2. The van der Waals surface area contributed by atoms with Gasteiger partial charge >= 0.3 is 5.69 Å². The number of nitrogens with one attached hydrogen (secondary N) is 3. The Kier molecular flexibility index (Phi) is 3.15. The van der Waals surface area contributed by atoms with Crippen LogP contribution in [0.3, 0.4) is 0 Å². The third-order valence-electron chi connectivity index (χ3n) is 2.92. The molecule has 20 heavy (non-hydrogen) atoms. The Morgan fingerprint density at radius 1 is 1.05 bits per heavy atom. The van der Waals surface area contributed by atoms with E-state index in [0.29, 0.717) is 22.3 Å². The maximum absolute atomic E-state index is 12.3. The summed E-state index contributed by atoms with van der Waals surface area (Å²) in [7, 11) is 0. The third kappa shape index (κ3) is 2.25. The van der Waals surface area contributed by atoms with Crippen molar-refractivity contribution in [1.29, 1.82) is 0 Å². The van der Waals surface area contributed by atoms with Gasteiger partial charge in [0.2, 0.25) is 0 Å². The average molecular weight is 332 g/mol. The molecular weight excluding hydrogens is 322 g/mol. The van der Waals surface area contributed by atoms with E-state index < -0.39 is 0 Å². The molecule has 0 saturated carbocycles. The van der Waals surface area contributed by atoms with Crippen LogP contribution in [0.2, 0.25) is 0 Å². The van der Waals surface area contributed by atoms with Crippen LogP contribution in [-0.2, 0) is 0 Å². The molecule has 1 heterocycles. The summed E-state index contributed by atoms with van der Waals surface area (Å²) < 4.78 is 0.795. The van der Waals surface area contributed by atoms with Crippen molar-refractivity contribution in [3.05, 3.63) is 63.0 Å². The summed E-state index contributed by atoms with van der Waals surface area (Å²) in [5, 5.41) is 2.81. The zero-order valence-corrected chi connectivity index (χ0v) is 11.8.